The van der Waals surface area contributed by atoms with Gasteiger partial charge in [-0.2, -0.15) is 0 Å². The Hall–Kier alpha value is -3.58. The maximum absolute atomic E-state index is 14.6. The molecule has 0 aliphatic carbocycles. The molecule has 28 heavy (non-hydrogen) atoms. The van der Waals surface area contributed by atoms with Gasteiger partial charge in [-0.3, -0.25) is 4.79 Å². The van der Waals surface area contributed by atoms with E-state index in [1.807, 2.05) is 30.3 Å². The van der Waals surface area contributed by atoms with Gasteiger partial charge in [-0.1, -0.05) is 30.3 Å². The third-order valence-electron chi connectivity index (χ3n) is 4.63. The van der Waals surface area contributed by atoms with Crippen LogP contribution >= 0.6 is 0 Å². The van der Waals surface area contributed by atoms with Crippen molar-refractivity contribution in [3.8, 4) is 11.1 Å². The Morgan fingerprint density at radius 1 is 1.11 bits per heavy atom. The normalized spacial score (nSPS) is 12.2. The predicted molar refractivity (Wildman–Crippen MR) is 100 cm³/mol. The highest BCUT2D eigenvalue weighted by Gasteiger charge is 2.26. The number of amides is 1. The summed E-state index contributed by atoms with van der Waals surface area (Å²) in [6.07, 6.45) is 1.45. The van der Waals surface area contributed by atoms with E-state index >= 15 is 0 Å². The molecule has 4 aromatic rings. The van der Waals surface area contributed by atoms with E-state index in [1.165, 1.54) is 6.20 Å². The highest BCUT2D eigenvalue weighted by atomic mass is 19.1. The molecule has 7 heteroatoms. The zero-order valence-electron chi connectivity index (χ0n) is 14.5. The van der Waals surface area contributed by atoms with Gasteiger partial charge in [0.25, 0.3) is 5.91 Å². The summed E-state index contributed by atoms with van der Waals surface area (Å²) in [6.45, 7) is 0. The molecule has 2 heterocycles. The number of hydrogen-bond acceptors (Lipinski definition) is 3. The number of fused-ring (bicyclic) bond motifs is 1. The summed E-state index contributed by atoms with van der Waals surface area (Å²) in [4.78, 5) is 18.6. The van der Waals surface area contributed by atoms with E-state index < -0.39 is 34.8 Å². The van der Waals surface area contributed by atoms with Crippen molar-refractivity contribution in [1.29, 1.82) is 0 Å². The molecule has 140 valence electrons. The predicted octanol–water partition coefficient (Wildman–Crippen LogP) is 3.69. The summed E-state index contributed by atoms with van der Waals surface area (Å²) in [6, 6.07) is 13.1. The van der Waals surface area contributed by atoms with Crippen LogP contribution in [0.4, 0.5) is 8.78 Å². The maximum atomic E-state index is 14.6. The molecule has 0 saturated heterocycles. The minimum absolute atomic E-state index is 0.236. The number of aromatic nitrogens is 2. The van der Waals surface area contributed by atoms with Gasteiger partial charge in [-0.25, -0.2) is 13.8 Å². The summed E-state index contributed by atoms with van der Waals surface area (Å²) in [5.74, 6) is -3.20. The van der Waals surface area contributed by atoms with Gasteiger partial charge < -0.3 is 15.8 Å². The molecule has 0 aliphatic rings. The number of primary amides is 1. The molecule has 0 fully saturated rings. The van der Waals surface area contributed by atoms with Crippen LogP contribution in [0.3, 0.4) is 0 Å². The number of carbonyl (C=O) groups excluding carboxylic acids is 1. The van der Waals surface area contributed by atoms with Crippen LogP contribution in [0.1, 0.15) is 27.6 Å². The fourth-order valence-electron chi connectivity index (χ4n) is 3.20. The summed E-state index contributed by atoms with van der Waals surface area (Å²) < 4.78 is 28.9. The number of pyridine rings is 1. The molecule has 0 saturated carbocycles. The topological polar surface area (TPSA) is 92.0 Å². The summed E-state index contributed by atoms with van der Waals surface area (Å²) in [5, 5.41) is 11.2. The Bertz CT molecular complexity index is 1190. The molecule has 2 aromatic heterocycles. The highest BCUT2D eigenvalue weighted by molar-refractivity contribution is 5.93. The van der Waals surface area contributed by atoms with E-state index in [1.54, 1.807) is 12.3 Å². The van der Waals surface area contributed by atoms with Gasteiger partial charge in [0.1, 0.15) is 23.4 Å². The third kappa shape index (κ3) is 2.91. The smallest absolute Gasteiger partial charge is 0.251 e. The molecule has 5 nitrogen and oxygen atoms in total. The quantitative estimate of drug-likeness (QED) is 0.505. The second-order valence-corrected chi connectivity index (χ2v) is 6.32. The molecule has 2 aromatic carbocycles. The molecular weight excluding hydrogens is 364 g/mol. The number of halogens is 2. The van der Waals surface area contributed by atoms with Gasteiger partial charge in [-0.15, -0.1) is 0 Å². The lowest BCUT2D eigenvalue weighted by Gasteiger charge is -2.14. The number of carbonyl (C=O) groups is 1. The second-order valence-electron chi connectivity index (χ2n) is 6.32. The second kappa shape index (κ2) is 6.86. The van der Waals surface area contributed by atoms with E-state index in [-0.39, 0.29) is 5.56 Å². The Morgan fingerprint density at radius 2 is 1.86 bits per heavy atom. The SMILES string of the molecule is NC(=O)c1ccc(F)c(C(O)c2c[nH]c3ncc(-c4ccccc4)cc23)c1F. The average Bonchev–Trinajstić information content (AvgIpc) is 3.11. The van der Waals surface area contributed by atoms with Crippen LogP contribution < -0.4 is 5.73 Å². The minimum atomic E-state index is -1.65. The Labute approximate surface area is 158 Å². The first-order valence-electron chi connectivity index (χ1n) is 8.45. The van der Waals surface area contributed by atoms with E-state index in [2.05, 4.69) is 9.97 Å². The monoisotopic (exact) mass is 379 g/mol. The molecular formula is C21H15F2N3O2. The van der Waals surface area contributed by atoms with Gasteiger partial charge in [0.15, 0.2) is 0 Å². The molecule has 0 aliphatic heterocycles. The first-order valence-corrected chi connectivity index (χ1v) is 8.45. The van der Waals surface area contributed by atoms with Crippen molar-refractivity contribution in [3.05, 3.63) is 89.2 Å². The first-order chi connectivity index (χ1) is 13.5. The summed E-state index contributed by atoms with van der Waals surface area (Å²) in [5.41, 5.74) is 6.39. The van der Waals surface area contributed by atoms with Crippen LogP contribution in [0.15, 0.2) is 60.9 Å². The van der Waals surface area contributed by atoms with Gasteiger partial charge in [0.2, 0.25) is 0 Å². The molecule has 0 radical (unpaired) electrons. The Morgan fingerprint density at radius 3 is 2.57 bits per heavy atom. The van der Waals surface area contributed by atoms with Gasteiger partial charge in [-0.05, 0) is 23.8 Å². The number of benzene rings is 2. The standard InChI is InChI=1S/C21H15F2N3O2/c22-16-7-6-13(20(24)28)18(23)17(16)19(27)15-10-26-21-14(15)8-12(9-25-21)11-4-2-1-3-5-11/h1-10,19,27H,(H2,24,28)(H,25,26). The molecule has 0 spiro atoms. The van der Waals surface area contributed by atoms with Crippen molar-refractivity contribution >= 4 is 16.9 Å². The number of nitrogens with one attached hydrogen (secondary N) is 1. The molecule has 1 unspecified atom stereocenters. The largest absolute Gasteiger partial charge is 0.383 e. The lowest BCUT2D eigenvalue weighted by molar-refractivity contribution is 0.0995. The van der Waals surface area contributed by atoms with Crippen LogP contribution in [0.2, 0.25) is 0 Å². The molecule has 4 N–H and O–H groups in total. The van der Waals surface area contributed by atoms with Crippen LogP contribution in [-0.2, 0) is 0 Å². The fourth-order valence-corrected chi connectivity index (χ4v) is 3.20. The number of aliphatic hydroxyl groups is 1. The number of aromatic amines is 1. The van der Waals surface area contributed by atoms with Crippen molar-refractivity contribution in [2.75, 3.05) is 0 Å². The van der Waals surface area contributed by atoms with Gasteiger partial charge in [0.05, 0.1) is 11.1 Å². The zero-order chi connectivity index (χ0) is 19.8. The van der Waals surface area contributed by atoms with E-state index in [0.29, 0.717) is 11.0 Å². The van der Waals surface area contributed by atoms with Crippen LogP contribution in [0, 0.1) is 11.6 Å². The molecule has 0 bridgehead atoms. The Kier molecular flexibility index (Phi) is 4.37. The van der Waals surface area contributed by atoms with E-state index in [9.17, 15) is 18.7 Å². The maximum Gasteiger partial charge on any atom is 0.251 e. The number of nitrogens with zero attached hydrogens (tertiary/aromatic N) is 1. The van der Waals surface area contributed by atoms with Crippen molar-refractivity contribution in [2.24, 2.45) is 5.73 Å². The van der Waals surface area contributed by atoms with Crippen molar-refractivity contribution in [1.82, 2.24) is 9.97 Å². The van der Waals surface area contributed by atoms with Crippen molar-refractivity contribution < 1.29 is 18.7 Å². The number of hydrogen-bond donors (Lipinski definition) is 3. The molecule has 1 amide bonds. The van der Waals surface area contributed by atoms with Crippen LogP contribution in [0.25, 0.3) is 22.2 Å². The van der Waals surface area contributed by atoms with Crippen molar-refractivity contribution in [2.45, 2.75) is 6.10 Å². The number of nitrogens with two attached hydrogens (primary N) is 1. The lowest BCUT2D eigenvalue weighted by Crippen LogP contribution is -2.16. The van der Waals surface area contributed by atoms with Gasteiger partial charge in [0, 0.05) is 28.9 Å². The van der Waals surface area contributed by atoms with Gasteiger partial charge >= 0.3 is 0 Å². The van der Waals surface area contributed by atoms with Crippen LogP contribution in [-0.4, -0.2) is 21.0 Å². The number of rotatable bonds is 4. The summed E-state index contributed by atoms with van der Waals surface area (Å²) in [7, 11) is 0. The van der Waals surface area contributed by atoms with Crippen molar-refractivity contribution in [3.63, 3.8) is 0 Å². The Balaban J connectivity index is 1.86. The third-order valence-corrected chi connectivity index (χ3v) is 4.63. The minimum Gasteiger partial charge on any atom is -0.383 e. The number of aliphatic hydroxyl groups excluding tert-OH is 1. The highest BCUT2D eigenvalue weighted by Crippen LogP contribution is 2.34. The zero-order valence-corrected chi connectivity index (χ0v) is 14.5. The van der Waals surface area contributed by atoms with E-state index in [4.69, 9.17) is 5.73 Å². The molecule has 4 rings (SSSR count). The average molecular weight is 379 g/mol. The first kappa shape index (κ1) is 17.8. The lowest BCUT2D eigenvalue weighted by atomic mass is 9.97. The number of H-pyrrole nitrogens is 1. The van der Waals surface area contributed by atoms with E-state index in [0.717, 1.165) is 23.3 Å². The van der Waals surface area contributed by atoms with Crippen LogP contribution in [0.5, 0.6) is 0 Å². The fraction of sp³-hybridized carbons (Fsp3) is 0.0476. The molecule has 1 atom stereocenters. The summed E-state index contributed by atoms with van der Waals surface area (Å²) >= 11 is 0.